The SMILES string of the molecule is CS(=O)(=O)c1cnc(C#N)c(-c2ccncc2)c1. The van der Waals surface area contributed by atoms with E-state index in [1.807, 2.05) is 6.07 Å². The van der Waals surface area contributed by atoms with Crippen LogP contribution in [0.3, 0.4) is 0 Å². The Labute approximate surface area is 105 Å². The van der Waals surface area contributed by atoms with Crippen molar-refractivity contribution in [3.05, 3.63) is 42.5 Å². The first kappa shape index (κ1) is 12.2. The van der Waals surface area contributed by atoms with Crippen LogP contribution >= 0.6 is 0 Å². The topological polar surface area (TPSA) is 83.7 Å². The molecule has 18 heavy (non-hydrogen) atoms. The molecule has 2 heterocycles. The van der Waals surface area contributed by atoms with E-state index < -0.39 is 9.84 Å². The van der Waals surface area contributed by atoms with E-state index in [-0.39, 0.29) is 10.6 Å². The van der Waals surface area contributed by atoms with Crippen molar-refractivity contribution in [3.63, 3.8) is 0 Å². The van der Waals surface area contributed by atoms with Crippen LogP contribution in [0.4, 0.5) is 0 Å². The van der Waals surface area contributed by atoms with Gasteiger partial charge in [0.25, 0.3) is 0 Å². The van der Waals surface area contributed by atoms with Crippen LogP contribution in [0, 0.1) is 11.3 Å². The van der Waals surface area contributed by atoms with Gasteiger partial charge in [-0.25, -0.2) is 13.4 Å². The highest BCUT2D eigenvalue weighted by atomic mass is 32.2. The molecule has 0 fully saturated rings. The molecule has 2 aromatic heterocycles. The Hall–Kier alpha value is -2.26. The van der Waals surface area contributed by atoms with E-state index in [9.17, 15) is 8.42 Å². The summed E-state index contributed by atoms with van der Waals surface area (Å²) in [5, 5.41) is 9.00. The van der Waals surface area contributed by atoms with Gasteiger partial charge in [-0.05, 0) is 23.8 Å². The summed E-state index contributed by atoms with van der Waals surface area (Å²) < 4.78 is 23.0. The first-order valence-corrected chi connectivity index (χ1v) is 6.92. The maximum atomic E-state index is 11.5. The van der Waals surface area contributed by atoms with Crippen LogP contribution < -0.4 is 0 Å². The lowest BCUT2D eigenvalue weighted by Gasteiger charge is -2.05. The van der Waals surface area contributed by atoms with E-state index in [0.29, 0.717) is 11.1 Å². The van der Waals surface area contributed by atoms with Crippen molar-refractivity contribution in [2.45, 2.75) is 4.90 Å². The van der Waals surface area contributed by atoms with Crippen LogP contribution in [-0.4, -0.2) is 24.6 Å². The number of pyridine rings is 2. The zero-order valence-corrected chi connectivity index (χ0v) is 10.3. The summed E-state index contributed by atoms with van der Waals surface area (Å²) >= 11 is 0. The average Bonchev–Trinajstić information content (AvgIpc) is 2.38. The molecule has 2 aromatic rings. The van der Waals surface area contributed by atoms with Crippen LogP contribution in [0.1, 0.15) is 5.69 Å². The molecule has 0 aliphatic carbocycles. The Balaban J connectivity index is 2.70. The van der Waals surface area contributed by atoms with Gasteiger partial charge >= 0.3 is 0 Å². The third-order valence-corrected chi connectivity index (χ3v) is 3.47. The van der Waals surface area contributed by atoms with Gasteiger partial charge in [-0.15, -0.1) is 0 Å². The van der Waals surface area contributed by atoms with E-state index in [2.05, 4.69) is 9.97 Å². The molecule has 0 saturated carbocycles. The summed E-state index contributed by atoms with van der Waals surface area (Å²) in [5.74, 6) is 0. The highest BCUT2D eigenvalue weighted by Gasteiger charge is 2.13. The van der Waals surface area contributed by atoms with Gasteiger partial charge in [-0.1, -0.05) is 0 Å². The minimum Gasteiger partial charge on any atom is -0.265 e. The molecule has 0 unspecified atom stereocenters. The number of hydrogen-bond acceptors (Lipinski definition) is 5. The second-order valence-electron chi connectivity index (χ2n) is 3.69. The Morgan fingerprint density at radius 1 is 1.28 bits per heavy atom. The van der Waals surface area contributed by atoms with Gasteiger partial charge in [0, 0.05) is 30.4 Å². The molecule has 0 spiro atoms. The van der Waals surface area contributed by atoms with Crippen molar-refractivity contribution < 1.29 is 8.42 Å². The Morgan fingerprint density at radius 2 is 1.94 bits per heavy atom. The van der Waals surface area contributed by atoms with Crippen LogP contribution in [-0.2, 0) is 9.84 Å². The van der Waals surface area contributed by atoms with Crippen LogP contribution in [0.5, 0.6) is 0 Å². The first-order valence-electron chi connectivity index (χ1n) is 5.03. The monoisotopic (exact) mass is 259 g/mol. The van der Waals surface area contributed by atoms with Crippen LogP contribution in [0.25, 0.3) is 11.1 Å². The van der Waals surface area contributed by atoms with E-state index in [1.54, 1.807) is 24.5 Å². The van der Waals surface area contributed by atoms with Gasteiger partial charge in [0.05, 0.1) is 4.90 Å². The lowest BCUT2D eigenvalue weighted by Crippen LogP contribution is -2.00. The minimum absolute atomic E-state index is 0.0910. The Morgan fingerprint density at radius 3 is 2.50 bits per heavy atom. The standard InChI is InChI=1S/C12H9N3O2S/c1-18(16,17)10-6-11(12(7-13)15-8-10)9-2-4-14-5-3-9/h2-6,8H,1H3. The van der Waals surface area contributed by atoms with Crippen molar-refractivity contribution in [2.24, 2.45) is 0 Å². The number of aromatic nitrogens is 2. The third kappa shape index (κ3) is 2.36. The molecule has 0 aromatic carbocycles. The van der Waals surface area contributed by atoms with Gasteiger partial charge in [0.1, 0.15) is 11.8 Å². The maximum Gasteiger partial charge on any atom is 0.177 e. The van der Waals surface area contributed by atoms with Crippen molar-refractivity contribution >= 4 is 9.84 Å². The van der Waals surface area contributed by atoms with Gasteiger partial charge < -0.3 is 0 Å². The second kappa shape index (κ2) is 4.55. The molecule has 2 rings (SSSR count). The van der Waals surface area contributed by atoms with Crippen molar-refractivity contribution in [2.75, 3.05) is 6.26 Å². The van der Waals surface area contributed by atoms with Gasteiger partial charge in [-0.3, -0.25) is 4.98 Å². The largest absolute Gasteiger partial charge is 0.265 e. The normalized spacial score (nSPS) is 10.9. The third-order valence-electron chi connectivity index (χ3n) is 2.39. The molecular formula is C12H9N3O2S. The second-order valence-corrected chi connectivity index (χ2v) is 5.70. The summed E-state index contributed by atoms with van der Waals surface area (Å²) in [7, 11) is -3.35. The molecule has 0 atom stereocenters. The van der Waals surface area contributed by atoms with E-state index in [0.717, 1.165) is 6.26 Å². The predicted octanol–water partition coefficient (Wildman–Crippen LogP) is 1.42. The highest BCUT2D eigenvalue weighted by molar-refractivity contribution is 7.90. The predicted molar refractivity (Wildman–Crippen MR) is 65.3 cm³/mol. The molecule has 5 nitrogen and oxygen atoms in total. The zero-order valence-electron chi connectivity index (χ0n) is 9.53. The molecular weight excluding hydrogens is 250 g/mol. The summed E-state index contributed by atoms with van der Waals surface area (Å²) in [6.45, 7) is 0. The molecule has 0 amide bonds. The fourth-order valence-corrected chi connectivity index (χ4v) is 2.07. The van der Waals surface area contributed by atoms with Gasteiger partial charge in [0.15, 0.2) is 9.84 Å². The molecule has 90 valence electrons. The van der Waals surface area contributed by atoms with Crippen LogP contribution in [0.15, 0.2) is 41.7 Å². The fourth-order valence-electron chi connectivity index (χ4n) is 1.49. The quantitative estimate of drug-likeness (QED) is 0.814. The number of sulfone groups is 1. The highest BCUT2D eigenvalue weighted by Crippen LogP contribution is 2.24. The summed E-state index contributed by atoms with van der Waals surface area (Å²) in [6.07, 6.45) is 5.44. The van der Waals surface area contributed by atoms with Crippen molar-refractivity contribution in [1.29, 1.82) is 5.26 Å². The molecule has 0 bridgehead atoms. The fraction of sp³-hybridized carbons (Fsp3) is 0.0833. The zero-order chi connectivity index (χ0) is 13.2. The summed E-state index contributed by atoms with van der Waals surface area (Å²) in [5.41, 5.74) is 1.39. The summed E-state index contributed by atoms with van der Waals surface area (Å²) in [4.78, 5) is 7.85. The van der Waals surface area contributed by atoms with E-state index in [1.165, 1.54) is 12.3 Å². The lowest BCUT2D eigenvalue weighted by atomic mass is 10.1. The van der Waals surface area contributed by atoms with Crippen molar-refractivity contribution in [1.82, 2.24) is 9.97 Å². The lowest BCUT2D eigenvalue weighted by molar-refractivity contribution is 0.601. The molecule has 0 aliphatic heterocycles. The molecule has 6 heteroatoms. The Bertz CT molecular complexity index is 719. The molecule has 0 N–H and O–H groups in total. The minimum atomic E-state index is -3.35. The molecule has 0 radical (unpaired) electrons. The van der Waals surface area contributed by atoms with Crippen LogP contribution in [0.2, 0.25) is 0 Å². The Kier molecular flexibility index (Phi) is 3.08. The van der Waals surface area contributed by atoms with E-state index in [4.69, 9.17) is 5.26 Å². The average molecular weight is 259 g/mol. The van der Waals surface area contributed by atoms with Gasteiger partial charge in [0.2, 0.25) is 0 Å². The number of nitrogens with zero attached hydrogens (tertiary/aromatic N) is 3. The maximum absolute atomic E-state index is 11.5. The first-order chi connectivity index (χ1) is 8.52. The number of rotatable bonds is 2. The number of nitriles is 1. The van der Waals surface area contributed by atoms with Gasteiger partial charge in [-0.2, -0.15) is 5.26 Å². The summed E-state index contributed by atoms with van der Waals surface area (Å²) in [6, 6.07) is 6.80. The number of hydrogen-bond donors (Lipinski definition) is 0. The van der Waals surface area contributed by atoms with E-state index >= 15 is 0 Å². The molecule has 0 saturated heterocycles. The van der Waals surface area contributed by atoms with Crippen molar-refractivity contribution in [3.8, 4) is 17.2 Å². The molecule has 0 aliphatic rings. The smallest absolute Gasteiger partial charge is 0.177 e.